The summed E-state index contributed by atoms with van der Waals surface area (Å²) in [6.07, 6.45) is 0.986. The highest BCUT2D eigenvalue weighted by Gasteiger charge is 2.09. The molecule has 4 heteroatoms. The van der Waals surface area contributed by atoms with Crippen LogP contribution in [-0.2, 0) is 19.1 Å². The van der Waals surface area contributed by atoms with Crippen LogP contribution in [0.2, 0.25) is 0 Å². The van der Waals surface area contributed by atoms with Crippen molar-refractivity contribution in [1.29, 1.82) is 0 Å². The predicted octanol–water partition coefficient (Wildman–Crippen LogP) is 2.46. The summed E-state index contributed by atoms with van der Waals surface area (Å²) in [4.78, 5) is 22.8. The van der Waals surface area contributed by atoms with Gasteiger partial charge in [-0.1, -0.05) is 11.8 Å². The Kier molecular flexibility index (Phi) is 9.87. The zero-order valence-corrected chi connectivity index (χ0v) is 12.6. The van der Waals surface area contributed by atoms with Gasteiger partial charge in [0.05, 0.1) is 0 Å². The molecule has 0 aliphatic rings. The molecule has 0 aromatic heterocycles. The number of hydrogen-bond donors (Lipinski definition) is 0. The van der Waals surface area contributed by atoms with Crippen LogP contribution in [0.4, 0.5) is 0 Å². The van der Waals surface area contributed by atoms with Gasteiger partial charge < -0.3 is 9.47 Å². The number of hydrogen-bond acceptors (Lipinski definition) is 4. The van der Waals surface area contributed by atoms with Gasteiger partial charge in [-0.05, 0) is 40.5 Å². The zero-order chi connectivity index (χ0) is 15.4. The molecule has 0 saturated carbocycles. The minimum Gasteiger partial charge on any atom is -0.449 e. The molecule has 20 heavy (non-hydrogen) atoms. The summed E-state index contributed by atoms with van der Waals surface area (Å²) in [7, 11) is 0. The maximum Gasteiger partial charge on any atom is 0.307 e. The highest BCUT2D eigenvalue weighted by atomic mass is 16.5. The van der Waals surface area contributed by atoms with Crippen LogP contribution in [0.5, 0.6) is 0 Å². The molecule has 0 heterocycles. The predicted molar refractivity (Wildman–Crippen MR) is 76.5 cm³/mol. The van der Waals surface area contributed by atoms with Gasteiger partial charge >= 0.3 is 11.9 Å². The second-order valence-corrected chi connectivity index (χ2v) is 4.26. The van der Waals surface area contributed by atoms with Gasteiger partial charge in [0.1, 0.15) is 0 Å². The van der Waals surface area contributed by atoms with Crippen LogP contribution >= 0.6 is 0 Å². The SMILES string of the molecule is CC#CC(C)OC(=O)CCCCC(=O)OC(C)C#CC. The Hall–Kier alpha value is -1.94. The highest BCUT2D eigenvalue weighted by Crippen LogP contribution is 2.05. The third-order valence-electron chi connectivity index (χ3n) is 2.32. The van der Waals surface area contributed by atoms with Gasteiger partial charge in [0.25, 0.3) is 0 Å². The molecule has 0 rings (SSSR count). The molecule has 2 unspecified atom stereocenters. The van der Waals surface area contributed by atoms with E-state index in [2.05, 4.69) is 23.7 Å². The molecule has 0 radical (unpaired) electrons. The van der Waals surface area contributed by atoms with Crippen molar-refractivity contribution in [3.8, 4) is 23.7 Å². The molecule has 0 aromatic carbocycles. The monoisotopic (exact) mass is 278 g/mol. The van der Waals surface area contributed by atoms with Crippen LogP contribution in [0.15, 0.2) is 0 Å². The number of unbranched alkanes of at least 4 members (excludes halogenated alkanes) is 1. The van der Waals surface area contributed by atoms with Gasteiger partial charge in [-0.15, -0.1) is 11.8 Å². The Labute approximate surface area is 121 Å². The van der Waals surface area contributed by atoms with Crippen LogP contribution in [0, 0.1) is 23.7 Å². The Morgan fingerprint density at radius 1 is 0.850 bits per heavy atom. The average molecular weight is 278 g/mol. The van der Waals surface area contributed by atoms with Crippen molar-refractivity contribution in [2.45, 2.75) is 65.6 Å². The fraction of sp³-hybridized carbons (Fsp3) is 0.625. The molecule has 0 aliphatic heterocycles. The molecule has 0 saturated heterocycles. The van der Waals surface area contributed by atoms with E-state index in [4.69, 9.17) is 9.47 Å². The molecule has 0 fully saturated rings. The zero-order valence-electron chi connectivity index (χ0n) is 12.6. The van der Waals surface area contributed by atoms with E-state index in [1.165, 1.54) is 0 Å². The first-order chi connectivity index (χ1) is 9.49. The molecule has 0 aromatic rings. The quantitative estimate of drug-likeness (QED) is 0.408. The third kappa shape index (κ3) is 10.0. The molecule has 0 aliphatic carbocycles. The van der Waals surface area contributed by atoms with Crippen molar-refractivity contribution in [1.82, 2.24) is 0 Å². The van der Waals surface area contributed by atoms with Crippen molar-refractivity contribution in [2.75, 3.05) is 0 Å². The molecule has 4 nitrogen and oxygen atoms in total. The smallest absolute Gasteiger partial charge is 0.307 e. The summed E-state index contributed by atoms with van der Waals surface area (Å²) < 4.78 is 10.1. The van der Waals surface area contributed by atoms with Crippen molar-refractivity contribution in [3.63, 3.8) is 0 Å². The largest absolute Gasteiger partial charge is 0.449 e. The van der Waals surface area contributed by atoms with Crippen LogP contribution in [0.3, 0.4) is 0 Å². The maximum absolute atomic E-state index is 11.4. The van der Waals surface area contributed by atoms with E-state index in [1.54, 1.807) is 27.7 Å². The Morgan fingerprint density at radius 3 is 1.50 bits per heavy atom. The number of esters is 2. The van der Waals surface area contributed by atoms with Crippen LogP contribution in [0.25, 0.3) is 0 Å². The minimum absolute atomic E-state index is 0.285. The lowest BCUT2D eigenvalue weighted by atomic mass is 10.2. The first kappa shape index (κ1) is 18.1. The molecule has 0 amide bonds. The number of ether oxygens (including phenoxy) is 2. The fourth-order valence-corrected chi connectivity index (χ4v) is 1.52. The number of carbonyl (C=O) groups is 2. The van der Waals surface area contributed by atoms with E-state index < -0.39 is 0 Å². The Morgan fingerprint density at radius 2 is 1.20 bits per heavy atom. The minimum atomic E-state index is -0.383. The lowest BCUT2D eigenvalue weighted by Crippen LogP contribution is -2.14. The van der Waals surface area contributed by atoms with E-state index in [-0.39, 0.29) is 37.0 Å². The van der Waals surface area contributed by atoms with Crippen molar-refractivity contribution in [2.24, 2.45) is 0 Å². The van der Waals surface area contributed by atoms with Crippen LogP contribution < -0.4 is 0 Å². The summed E-state index contributed by atoms with van der Waals surface area (Å²) in [6.45, 7) is 6.84. The lowest BCUT2D eigenvalue weighted by molar-refractivity contribution is -0.148. The normalized spacial score (nSPS) is 12.0. The molecular weight excluding hydrogens is 256 g/mol. The number of carbonyl (C=O) groups excluding carboxylic acids is 2. The maximum atomic E-state index is 11.4. The summed E-state index contributed by atoms with van der Waals surface area (Å²) in [6, 6.07) is 0. The average Bonchev–Trinajstić information content (AvgIpc) is 2.35. The molecular formula is C16H22O4. The van der Waals surface area contributed by atoms with Gasteiger partial charge in [0.2, 0.25) is 0 Å². The topological polar surface area (TPSA) is 52.6 Å². The summed E-state index contributed by atoms with van der Waals surface area (Å²) >= 11 is 0. The van der Waals surface area contributed by atoms with Gasteiger partial charge in [-0.25, -0.2) is 0 Å². The molecule has 0 N–H and O–H groups in total. The summed E-state index contributed by atoms with van der Waals surface area (Å²) in [5.74, 6) is 10.3. The molecule has 0 spiro atoms. The van der Waals surface area contributed by atoms with Crippen LogP contribution in [-0.4, -0.2) is 24.1 Å². The summed E-state index contributed by atoms with van der Waals surface area (Å²) in [5, 5.41) is 0. The molecule has 2 atom stereocenters. The fourth-order valence-electron chi connectivity index (χ4n) is 1.52. The van der Waals surface area contributed by atoms with Gasteiger partial charge in [-0.2, -0.15) is 0 Å². The molecule has 0 bridgehead atoms. The second kappa shape index (κ2) is 10.9. The standard InChI is InChI=1S/C16H22O4/c1-5-9-13(3)19-15(17)11-7-8-12-16(18)20-14(4)10-6-2/h13-14H,7-8,11-12H2,1-4H3. The highest BCUT2D eigenvalue weighted by molar-refractivity contribution is 5.71. The third-order valence-corrected chi connectivity index (χ3v) is 2.32. The lowest BCUT2D eigenvalue weighted by Gasteiger charge is -2.08. The first-order valence-corrected chi connectivity index (χ1v) is 6.73. The Balaban J connectivity index is 3.73. The first-order valence-electron chi connectivity index (χ1n) is 6.73. The van der Waals surface area contributed by atoms with Gasteiger partial charge in [-0.3, -0.25) is 9.59 Å². The summed E-state index contributed by atoms with van der Waals surface area (Å²) in [5.41, 5.74) is 0. The van der Waals surface area contributed by atoms with E-state index >= 15 is 0 Å². The van der Waals surface area contributed by atoms with Crippen molar-refractivity contribution < 1.29 is 19.1 Å². The van der Waals surface area contributed by atoms with Crippen molar-refractivity contribution in [3.05, 3.63) is 0 Å². The van der Waals surface area contributed by atoms with Gasteiger partial charge in [0.15, 0.2) is 12.2 Å². The Bertz CT molecular complexity index is 389. The second-order valence-electron chi connectivity index (χ2n) is 4.26. The van der Waals surface area contributed by atoms with Crippen LogP contribution in [0.1, 0.15) is 53.4 Å². The van der Waals surface area contributed by atoms with E-state index in [9.17, 15) is 9.59 Å². The van der Waals surface area contributed by atoms with E-state index in [0.717, 1.165) is 0 Å². The molecule has 110 valence electrons. The van der Waals surface area contributed by atoms with Crippen molar-refractivity contribution >= 4 is 11.9 Å². The number of rotatable bonds is 7. The van der Waals surface area contributed by atoms with E-state index in [1.807, 2.05) is 0 Å². The van der Waals surface area contributed by atoms with Gasteiger partial charge in [0, 0.05) is 12.8 Å². The van der Waals surface area contributed by atoms with E-state index in [0.29, 0.717) is 12.8 Å².